The first-order valence-corrected chi connectivity index (χ1v) is 10.6. The van der Waals surface area contributed by atoms with Gasteiger partial charge in [0.05, 0.1) is 5.69 Å². The maximum atomic E-state index is 13.1. The van der Waals surface area contributed by atoms with E-state index in [1.54, 1.807) is 6.20 Å². The second-order valence-corrected chi connectivity index (χ2v) is 8.12. The first kappa shape index (κ1) is 20.7. The highest BCUT2D eigenvalue weighted by Crippen LogP contribution is 2.25. The van der Waals surface area contributed by atoms with Crippen LogP contribution in [-0.4, -0.2) is 58.9 Å². The average Bonchev–Trinajstić information content (AvgIpc) is 3.16. The Bertz CT molecular complexity index is 1100. The number of fused-ring (bicyclic) bond motifs is 1. The summed E-state index contributed by atoms with van der Waals surface area (Å²) in [6.07, 6.45) is 1.80. The Labute approximate surface area is 181 Å². The van der Waals surface area contributed by atoms with Crippen LogP contribution < -0.4 is 15.5 Å². The number of carbonyl (C=O) groups is 2. The molecular formula is C23H28N6O2. The molecule has 3 N–H and O–H groups in total. The Balaban J connectivity index is 1.44. The molecule has 4 rings (SSSR count). The summed E-state index contributed by atoms with van der Waals surface area (Å²) in [7, 11) is 0. The van der Waals surface area contributed by atoms with E-state index in [4.69, 9.17) is 0 Å². The summed E-state index contributed by atoms with van der Waals surface area (Å²) in [6.45, 7) is 8.39. The molecule has 0 spiro atoms. The zero-order valence-corrected chi connectivity index (χ0v) is 18.1. The molecule has 8 heteroatoms. The van der Waals surface area contributed by atoms with Crippen LogP contribution in [0.4, 0.5) is 17.2 Å². The largest absolute Gasteiger partial charge is 0.380 e. The summed E-state index contributed by atoms with van der Waals surface area (Å²) in [4.78, 5) is 36.2. The van der Waals surface area contributed by atoms with Crippen LogP contribution in [0.1, 0.15) is 31.3 Å². The lowest BCUT2D eigenvalue weighted by atomic mass is 10.2. The summed E-state index contributed by atoms with van der Waals surface area (Å²) >= 11 is 0. The lowest BCUT2D eigenvalue weighted by Gasteiger charge is -2.36. The Hall–Kier alpha value is -3.55. The first-order chi connectivity index (χ1) is 14.9. The number of nitrogens with zero attached hydrogens (tertiary/aromatic N) is 3. The first-order valence-electron chi connectivity index (χ1n) is 10.6. The third-order valence-corrected chi connectivity index (χ3v) is 5.27. The van der Waals surface area contributed by atoms with Gasteiger partial charge in [-0.3, -0.25) is 9.59 Å². The van der Waals surface area contributed by atoms with Gasteiger partial charge in [0, 0.05) is 61.9 Å². The van der Waals surface area contributed by atoms with Crippen molar-refractivity contribution in [3.05, 3.63) is 48.3 Å². The van der Waals surface area contributed by atoms with Gasteiger partial charge in [0.1, 0.15) is 5.69 Å². The van der Waals surface area contributed by atoms with E-state index in [9.17, 15) is 9.59 Å². The number of aromatic amines is 1. The minimum atomic E-state index is -0.122. The van der Waals surface area contributed by atoms with Crippen LogP contribution in [0.2, 0.25) is 0 Å². The monoisotopic (exact) mass is 420 g/mol. The number of rotatable bonds is 5. The molecule has 8 nitrogen and oxygen atoms in total. The van der Waals surface area contributed by atoms with Gasteiger partial charge < -0.3 is 25.4 Å². The van der Waals surface area contributed by atoms with E-state index in [1.807, 2.05) is 41.3 Å². The molecule has 162 valence electrons. The van der Waals surface area contributed by atoms with Gasteiger partial charge in [-0.2, -0.15) is 0 Å². The van der Waals surface area contributed by atoms with Crippen LogP contribution in [0.5, 0.6) is 0 Å². The summed E-state index contributed by atoms with van der Waals surface area (Å²) < 4.78 is 0. The number of amides is 2. The second kappa shape index (κ2) is 8.67. The summed E-state index contributed by atoms with van der Waals surface area (Å²) in [5.41, 5.74) is 3.16. The molecule has 3 heterocycles. The highest BCUT2D eigenvalue weighted by atomic mass is 16.2. The Kier molecular flexibility index (Phi) is 5.79. The van der Waals surface area contributed by atoms with E-state index >= 15 is 0 Å². The number of aromatic nitrogens is 2. The zero-order valence-electron chi connectivity index (χ0n) is 18.1. The van der Waals surface area contributed by atoms with Crippen molar-refractivity contribution in [2.24, 2.45) is 0 Å². The number of anilines is 3. The highest BCUT2D eigenvalue weighted by Gasteiger charge is 2.25. The van der Waals surface area contributed by atoms with E-state index in [1.165, 1.54) is 6.92 Å². The number of H-pyrrole nitrogens is 1. The van der Waals surface area contributed by atoms with Crippen LogP contribution in [0.3, 0.4) is 0 Å². The van der Waals surface area contributed by atoms with Crippen molar-refractivity contribution in [1.82, 2.24) is 14.9 Å². The SMILES string of the molecule is CC(=O)Nc1ccc2[nH]c(C(=O)N3CCN(c4ncccc4NC(C)C)CC3)cc2c1. The maximum absolute atomic E-state index is 13.1. The maximum Gasteiger partial charge on any atom is 0.270 e. The third-order valence-electron chi connectivity index (χ3n) is 5.27. The smallest absolute Gasteiger partial charge is 0.270 e. The van der Waals surface area contributed by atoms with Crippen molar-refractivity contribution in [3.63, 3.8) is 0 Å². The van der Waals surface area contributed by atoms with Crippen molar-refractivity contribution in [2.45, 2.75) is 26.8 Å². The molecule has 1 aromatic carbocycles. The van der Waals surface area contributed by atoms with Crippen LogP contribution in [0.25, 0.3) is 10.9 Å². The molecular weight excluding hydrogens is 392 g/mol. The van der Waals surface area contributed by atoms with Crippen LogP contribution >= 0.6 is 0 Å². The molecule has 1 aliphatic rings. The van der Waals surface area contributed by atoms with E-state index in [0.717, 1.165) is 35.5 Å². The number of hydrogen-bond donors (Lipinski definition) is 3. The van der Waals surface area contributed by atoms with E-state index in [0.29, 0.717) is 30.5 Å². The molecule has 0 atom stereocenters. The van der Waals surface area contributed by atoms with Crippen LogP contribution in [0.15, 0.2) is 42.6 Å². The summed E-state index contributed by atoms with van der Waals surface area (Å²) in [6, 6.07) is 11.7. The molecule has 2 aromatic heterocycles. The fraction of sp³-hybridized carbons (Fsp3) is 0.348. The minimum Gasteiger partial charge on any atom is -0.380 e. The molecule has 0 radical (unpaired) electrons. The fourth-order valence-electron chi connectivity index (χ4n) is 3.89. The van der Waals surface area contributed by atoms with Crippen molar-refractivity contribution >= 4 is 39.9 Å². The minimum absolute atomic E-state index is 0.0153. The zero-order chi connectivity index (χ0) is 22.0. The molecule has 3 aromatic rings. The van der Waals surface area contributed by atoms with Crippen LogP contribution in [0, 0.1) is 0 Å². The molecule has 0 aliphatic carbocycles. The van der Waals surface area contributed by atoms with Crippen molar-refractivity contribution in [2.75, 3.05) is 41.7 Å². The second-order valence-electron chi connectivity index (χ2n) is 8.12. The average molecular weight is 421 g/mol. The molecule has 1 aliphatic heterocycles. The number of hydrogen-bond acceptors (Lipinski definition) is 5. The van der Waals surface area contributed by atoms with E-state index in [-0.39, 0.29) is 11.8 Å². The molecule has 0 bridgehead atoms. The molecule has 2 amide bonds. The predicted molar refractivity (Wildman–Crippen MR) is 124 cm³/mol. The van der Waals surface area contributed by atoms with Crippen LogP contribution in [-0.2, 0) is 4.79 Å². The van der Waals surface area contributed by atoms with Gasteiger partial charge in [-0.25, -0.2) is 4.98 Å². The van der Waals surface area contributed by atoms with Gasteiger partial charge >= 0.3 is 0 Å². The summed E-state index contributed by atoms with van der Waals surface area (Å²) in [5.74, 6) is 0.793. The van der Waals surface area contributed by atoms with Gasteiger partial charge in [0.15, 0.2) is 5.82 Å². The van der Waals surface area contributed by atoms with Crippen molar-refractivity contribution in [1.29, 1.82) is 0 Å². The quantitative estimate of drug-likeness (QED) is 0.589. The molecule has 0 saturated carbocycles. The van der Waals surface area contributed by atoms with E-state index < -0.39 is 0 Å². The van der Waals surface area contributed by atoms with Gasteiger partial charge in [0.25, 0.3) is 5.91 Å². The van der Waals surface area contributed by atoms with Crippen molar-refractivity contribution < 1.29 is 9.59 Å². The molecule has 31 heavy (non-hydrogen) atoms. The Morgan fingerprint density at radius 3 is 2.58 bits per heavy atom. The number of pyridine rings is 1. The molecule has 1 fully saturated rings. The normalized spacial score (nSPS) is 14.2. The molecule has 1 saturated heterocycles. The van der Waals surface area contributed by atoms with Gasteiger partial charge in [-0.15, -0.1) is 0 Å². The number of benzene rings is 1. The number of nitrogens with one attached hydrogen (secondary N) is 3. The predicted octanol–water partition coefficient (Wildman–Crippen LogP) is 3.30. The topological polar surface area (TPSA) is 93.4 Å². The lowest BCUT2D eigenvalue weighted by molar-refractivity contribution is -0.114. The number of carbonyl (C=O) groups excluding carboxylic acids is 2. The van der Waals surface area contributed by atoms with Crippen molar-refractivity contribution in [3.8, 4) is 0 Å². The number of piperazine rings is 1. The molecule has 0 unspecified atom stereocenters. The van der Waals surface area contributed by atoms with Gasteiger partial charge in [-0.1, -0.05) is 0 Å². The standard InChI is InChI=1S/C23H28N6O2/c1-15(2)25-20-5-4-8-24-22(20)28-9-11-29(12-10-28)23(31)21-14-17-13-18(26-16(3)30)6-7-19(17)27-21/h4-8,13-15,25,27H,9-12H2,1-3H3,(H,26,30). The third kappa shape index (κ3) is 4.63. The summed E-state index contributed by atoms with van der Waals surface area (Å²) in [5, 5.41) is 7.11. The Morgan fingerprint density at radius 2 is 1.87 bits per heavy atom. The van der Waals surface area contributed by atoms with Gasteiger partial charge in [-0.05, 0) is 50.2 Å². The Morgan fingerprint density at radius 1 is 1.10 bits per heavy atom. The van der Waals surface area contributed by atoms with E-state index in [2.05, 4.69) is 39.3 Å². The lowest BCUT2D eigenvalue weighted by Crippen LogP contribution is -2.49. The van der Waals surface area contributed by atoms with Gasteiger partial charge in [0.2, 0.25) is 5.91 Å². The highest BCUT2D eigenvalue weighted by molar-refractivity contribution is 5.99. The fourth-order valence-corrected chi connectivity index (χ4v) is 3.89.